The molecule has 1 unspecified atom stereocenters. The van der Waals surface area contributed by atoms with Gasteiger partial charge in [0.2, 0.25) is 0 Å². The standard InChI is InChI=1S/C8H10N4S2/c1-9-6(7-5-14-12-11-7)4-8-10-2-3-13-8/h2-3,5-6,9H,4H2,1H3. The highest BCUT2D eigenvalue weighted by atomic mass is 32.1. The molecule has 0 aliphatic heterocycles. The fourth-order valence-electron chi connectivity index (χ4n) is 1.21. The highest BCUT2D eigenvalue weighted by Crippen LogP contribution is 2.17. The van der Waals surface area contributed by atoms with Gasteiger partial charge in [-0.15, -0.1) is 16.4 Å². The zero-order valence-electron chi connectivity index (χ0n) is 7.67. The highest BCUT2D eigenvalue weighted by Gasteiger charge is 2.13. The lowest BCUT2D eigenvalue weighted by molar-refractivity contribution is 0.573. The minimum Gasteiger partial charge on any atom is -0.311 e. The van der Waals surface area contributed by atoms with Crippen molar-refractivity contribution < 1.29 is 0 Å². The molecule has 2 aromatic heterocycles. The molecule has 6 heteroatoms. The fourth-order valence-corrected chi connectivity index (χ4v) is 2.38. The number of aromatic nitrogens is 3. The molecule has 0 bridgehead atoms. The molecule has 14 heavy (non-hydrogen) atoms. The Morgan fingerprint density at radius 3 is 3.07 bits per heavy atom. The third kappa shape index (κ3) is 2.14. The first-order chi connectivity index (χ1) is 6.90. The van der Waals surface area contributed by atoms with Crippen LogP contribution in [0.4, 0.5) is 0 Å². The van der Waals surface area contributed by atoms with Crippen LogP contribution >= 0.6 is 22.9 Å². The topological polar surface area (TPSA) is 50.7 Å². The molecule has 74 valence electrons. The van der Waals surface area contributed by atoms with Gasteiger partial charge in [0.15, 0.2) is 0 Å². The zero-order valence-corrected chi connectivity index (χ0v) is 9.31. The van der Waals surface area contributed by atoms with E-state index in [0.29, 0.717) is 0 Å². The second-order valence-electron chi connectivity index (χ2n) is 2.80. The Labute approximate surface area is 90.2 Å². The van der Waals surface area contributed by atoms with Crippen LogP contribution in [0.3, 0.4) is 0 Å². The quantitative estimate of drug-likeness (QED) is 0.858. The molecule has 0 saturated carbocycles. The van der Waals surface area contributed by atoms with Crippen molar-refractivity contribution in [1.29, 1.82) is 0 Å². The Morgan fingerprint density at radius 2 is 2.50 bits per heavy atom. The summed E-state index contributed by atoms with van der Waals surface area (Å²) in [5.74, 6) is 0. The van der Waals surface area contributed by atoms with E-state index in [0.717, 1.165) is 17.1 Å². The van der Waals surface area contributed by atoms with E-state index in [-0.39, 0.29) is 6.04 Å². The lowest BCUT2D eigenvalue weighted by Crippen LogP contribution is -2.19. The third-order valence-corrected chi connectivity index (χ3v) is 3.27. The van der Waals surface area contributed by atoms with E-state index in [9.17, 15) is 0 Å². The Morgan fingerprint density at radius 1 is 1.57 bits per heavy atom. The van der Waals surface area contributed by atoms with Crippen LogP contribution in [0, 0.1) is 0 Å². The SMILES string of the molecule is CNC(Cc1nccs1)c1csnn1. The summed E-state index contributed by atoms with van der Waals surface area (Å²) in [6.07, 6.45) is 2.70. The maximum Gasteiger partial charge on any atom is 0.0944 e. The molecule has 0 radical (unpaired) electrons. The van der Waals surface area contributed by atoms with Crippen molar-refractivity contribution in [1.82, 2.24) is 19.9 Å². The second-order valence-corrected chi connectivity index (χ2v) is 4.39. The van der Waals surface area contributed by atoms with Gasteiger partial charge in [0.05, 0.1) is 16.7 Å². The van der Waals surface area contributed by atoms with E-state index in [4.69, 9.17) is 0 Å². The maximum absolute atomic E-state index is 4.25. The van der Waals surface area contributed by atoms with Crippen molar-refractivity contribution in [3.8, 4) is 0 Å². The van der Waals surface area contributed by atoms with E-state index < -0.39 is 0 Å². The number of thiazole rings is 1. The van der Waals surface area contributed by atoms with Crippen LogP contribution in [0.5, 0.6) is 0 Å². The van der Waals surface area contributed by atoms with Crippen LogP contribution in [-0.2, 0) is 6.42 Å². The number of hydrogen-bond donors (Lipinski definition) is 1. The number of likely N-dealkylation sites (N-methyl/N-ethyl adjacent to an activating group) is 1. The first kappa shape index (κ1) is 9.70. The second kappa shape index (κ2) is 4.59. The van der Waals surface area contributed by atoms with Crippen LogP contribution in [0.2, 0.25) is 0 Å². The van der Waals surface area contributed by atoms with Gasteiger partial charge in [0.25, 0.3) is 0 Å². The average Bonchev–Trinajstić information content (AvgIpc) is 2.86. The molecule has 0 spiro atoms. The number of nitrogens with one attached hydrogen (secondary N) is 1. The molecule has 0 amide bonds. The van der Waals surface area contributed by atoms with E-state index in [1.807, 2.05) is 24.0 Å². The summed E-state index contributed by atoms with van der Waals surface area (Å²) in [7, 11) is 1.93. The summed E-state index contributed by atoms with van der Waals surface area (Å²) in [6.45, 7) is 0. The van der Waals surface area contributed by atoms with E-state index in [1.54, 1.807) is 11.3 Å². The molecule has 0 saturated heterocycles. The van der Waals surface area contributed by atoms with E-state index >= 15 is 0 Å². The molecule has 2 heterocycles. The first-order valence-corrected chi connectivity index (χ1v) is 5.94. The van der Waals surface area contributed by atoms with Crippen LogP contribution < -0.4 is 5.32 Å². The molecule has 2 aromatic rings. The Hall–Kier alpha value is -0.850. The molecular formula is C8H10N4S2. The normalized spacial score (nSPS) is 12.9. The van der Waals surface area contributed by atoms with Crippen molar-refractivity contribution in [3.63, 3.8) is 0 Å². The summed E-state index contributed by atoms with van der Waals surface area (Å²) in [6, 6.07) is 0.222. The summed E-state index contributed by atoms with van der Waals surface area (Å²) in [4.78, 5) is 4.25. The molecule has 0 aromatic carbocycles. The summed E-state index contributed by atoms with van der Waals surface area (Å²) >= 11 is 3.05. The lowest BCUT2D eigenvalue weighted by atomic mass is 10.2. The van der Waals surface area contributed by atoms with Crippen LogP contribution in [0.25, 0.3) is 0 Å². The van der Waals surface area contributed by atoms with Crippen molar-refractivity contribution >= 4 is 22.9 Å². The zero-order chi connectivity index (χ0) is 9.80. The molecule has 4 nitrogen and oxygen atoms in total. The molecule has 0 aliphatic carbocycles. The van der Waals surface area contributed by atoms with Gasteiger partial charge in [-0.3, -0.25) is 0 Å². The van der Waals surface area contributed by atoms with Crippen molar-refractivity contribution in [2.75, 3.05) is 7.05 Å². The molecule has 0 aliphatic rings. The predicted octanol–water partition coefficient (Wildman–Crippen LogP) is 1.50. The Balaban J connectivity index is 2.08. The summed E-state index contributed by atoms with van der Waals surface area (Å²) in [5.41, 5.74) is 0.993. The van der Waals surface area contributed by atoms with Crippen molar-refractivity contribution in [2.45, 2.75) is 12.5 Å². The van der Waals surface area contributed by atoms with Crippen LogP contribution in [0.15, 0.2) is 17.0 Å². The van der Waals surface area contributed by atoms with Crippen LogP contribution in [-0.4, -0.2) is 21.6 Å². The largest absolute Gasteiger partial charge is 0.311 e. The summed E-state index contributed by atoms with van der Waals surface area (Å²) < 4.78 is 3.85. The average molecular weight is 226 g/mol. The smallest absolute Gasteiger partial charge is 0.0944 e. The number of rotatable bonds is 4. The van der Waals surface area contributed by atoms with Crippen molar-refractivity contribution in [3.05, 3.63) is 27.7 Å². The van der Waals surface area contributed by atoms with Gasteiger partial charge < -0.3 is 5.32 Å². The van der Waals surface area contributed by atoms with E-state index in [1.165, 1.54) is 11.5 Å². The molecule has 1 N–H and O–H groups in total. The van der Waals surface area contributed by atoms with Gasteiger partial charge in [-0.1, -0.05) is 4.49 Å². The third-order valence-electron chi connectivity index (χ3n) is 1.94. The molecule has 0 fully saturated rings. The lowest BCUT2D eigenvalue weighted by Gasteiger charge is -2.10. The maximum atomic E-state index is 4.25. The van der Waals surface area contributed by atoms with Gasteiger partial charge in [0.1, 0.15) is 0 Å². The number of hydrogen-bond acceptors (Lipinski definition) is 6. The van der Waals surface area contributed by atoms with Gasteiger partial charge >= 0.3 is 0 Å². The monoisotopic (exact) mass is 226 g/mol. The Kier molecular flexibility index (Phi) is 3.18. The van der Waals surface area contributed by atoms with Gasteiger partial charge in [-0.2, -0.15) is 0 Å². The molecule has 2 rings (SSSR count). The summed E-state index contributed by atoms with van der Waals surface area (Å²) in [5, 5.41) is 12.3. The van der Waals surface area contributed by atoms with Gasteiger partial charge in [-0.05, 0) is 18.6 Å². The van der Waals surface area contributed by atoms with Crippen molar-refractivity contribution in [2.24, 2.45) is 0 Å². The van der Waals surface area contributed by atoms with Gasteiger partial charge in [0, 0.05) is 23.4 Å². The molecular weight excluding hydrogens is 216 g/mol. The van der Waals surface area contributed by atoms with Gasteiger partial charge in [-0.25, -0.2) is 4.98 Å². The minimum atomic E-state index is 0.222. The fraction of sp³-hybridized carbons (Fsp3) is 0.375. The predicted molar refractivity (Wildman–Crippen MR) is 57.5 cm³/mol. The Bertz CT molecular complexity index is 357. The molecule has 1 atom stereocenters. The van der Waals surface area contributed by atoms with Crippen LogP contribution in [0.1, 0.15) is 16.7 Å². The number of nitrogens with zero attached hydrogens (tertiary/aromatic N) is 3. The van der Waals surface area contributed by atoms with E-state index in [2.05, 4.69) is 19.9 Å². The first-order valence-electron chi connectivity index (χ1n) is 4.22. The minimum absolute atomic E-state index is 0.222. The highest BCUT2D eigenvalue weighted by molar-refractivity contribution is 7.09.